The fourth-order valence-electron chi connectivity index (χ4n) is 0.724. The molecule has 0 radical (unpaired) electrons. The van der Waals surface area contributed by atoms with Crippen LogP contribution in [0.15, 0.2) is 0 Å². The molecule has 156 valence electrons. The Hall–Kier alpha value is -2.61. The van der Waals surface area contributed by atoms with Crippen molar-refractivity contribution in [1.29, 1.82) is 0 Å². The van der Waals surface area contributed by atoms with Gasteiger partial charge >= 0.3 is 21.1 Å². The Morgan fingerprint density at radius 1 is 0.500 bits per heavy atom. The van der Waals surface area contributed by atoms with E-state index in [-0.39, 0.29) is 21.1 Å². The van der Waals surface area contributed by atoms with Crippen LogP contribution in [0.1, 0.15) is 19.3 Å². The molecular formula is C12H12MoO15. The van der Waals surface area contributed by atoms with Crippen molar-refractivity contribution in [3.63, 3.8) is 0 Å². The Morgan fingerprint density at radius 3 is 0.679 bits per heavy atom. The monoisotopic (exact) mass is 494 g/mol. The first-order valence-electron chi connectivity index (χ1n) is 6.38. The minimum absolute atomic E-state index is 0. The van der Waals surface area contributed by atoms with Gasteiger partial charge in [0.2, 0.25) is 0 Å². The smallest absolute Gasteiger partial charge is 0.550 e. The summed E-state index contributed by atoms with van der Waals surface area (Å²) in [6, 6.07) is 0. The van der Waals surface area contributed by atoms with E-state index in [1.807, 2.05) is 0 Å². The number of carbonyl (C=O) groups is 6. The first kappa shape index (κ1) is 33.0. The van der Waals surface area contributed by atoms with Gasteiger partial charge in [-0.15, -0.1) is 0 Å². The quantitative estimate of drug-likeness (QED) is 0.252. The van der Waals surface area contributed by atoms with Gasteiger partial charge in [-0.05, 0) is 0 Å². The maximum atomic E-state index is 9.58. The van der Waals surface area contributed by atoms with Crippen molar-refractivity contribution in [2.45, 2.75) is 37.6 Å². The molecule has 0 aromatic heterocycles. The van der Waals surface area contributed by atoms with Crippen molar-refractivity contribution >= 4 is 35.8 Å². The van der Waals surface area contributed by atoms with Crippen molar-refractivity contribution in [3.8, 4) is 0 Å². The normalized spacial score (nSPS) is 12.1. The van der Waals surface area contributed by atoms with Gasteiger partial charge in [0.05, 0.1) is 36.2 Å². The summed E-state index contributed by atoms with van der Waals surface area (Å²) >= 11 is 0. The summed E-state index contributed by atoms with van der Waals surface area (Å²) in [6.45, 7) is 0. The van der Waals surface area contributed by atoms with E-state index in [2.05, 4.69) is 0 Å². The van der Waals surface area contributed by atoms with Crippen LogP contribution in [0.4, 0.5) is 0 Å². The van der Waals surface area contributed by atoms with Crippen LogP contribution >= 0.6 is 0 Å². The largest absolute Gasteiger partial charge is 6.00 e. The number of aliphatic hydroxyl groups is 3. The Kier molecular flexibility index (Phi) is 21.0. The molecule has 0 rings (SSSR count). The second-order valence-electron chi connectivity index (χ2n) is 4.23. The van der Waals surface area contributed by atoms with Gasteiger partial charge in [0.25, 0.3) is 0 Å². The van der Waals surface area contributed by atoms with Crippen molar-refractivity contribution in [2.75, 3.05) is 0 Å². The van der Waals surface area contributed by atoms with Crippen LogP contribution in [-0.2, 0) is 49.8 Å². The molecule has 3 N–H and O–H groups in total. The number of carboxylic acids is 6. The second kappa shape index (κ2) is 17.8. The van der Waals surface area contributed by atoms with Crippen LogP contribution in [0.3, 0.4) is 0 Å². The maximum absolute atomic E-state index is 9.58. The number of aliphatic carboxylic acids is 6. The molecule has 0 aliphatic heterocycles. The number of aliphatic hydroxyl groups excluding tert-OH is 3. The van der Waals surface area contributed by atoms with Crippen molar-refractivity contribution in [3.05, 3.63) is 0 Å². The summed E-state index contributed by atoms with van der Waals surface area (Å²) in [6.07, 6.45) is -8.67. The van der Waals surface area contributed by atoms with Crippen LogP contribution in [0.25, 0.3) is 0 Å². The standard InChI is InChI=1S/3C4H6O5.Mo/c3*5-2(4(8)9)1-3(6)7;/h3*2,5H,1H2,(H,6,7)(H,8,9);/q;;;+6/p-6. The van der Waals surface area contributed by atoms with E-state index in [1.54, 1.807) is 0 Å². The average molecular weight is 492 g/mol. The minimum Gasteiger partial charge on any atom is -0.550 e. The molecule has 0 fully saturated rings. The molecule has 28 heavy (non-hydrogen) atoms. The van der Waals surface area contributed by atoms with Crippen LogP contribution < -0.4 is 30.6 Å². The van der Waals surface area contributed by atoms with E-state index >= 15 is 0 Å². The van der Waals surface area contributed by atoms with Gasteiger partial charge in [-0.25, -0.2) is 0 Å². The predicted octanol–water partition coefficient (Wildman–Crippen LogP) is -11.3. The Labute approximate surface area is 169 Å². The zero-order valence-corrected chi connectivity index (χ0v) is 15.5. The zero-order chi connectivity index (χ0) is 22.3. The van der Waals surface area contributed by atoms with Gasteiger partial charge in [0, 0.05) is 37.2 Å². The molecule has 0 amide bonds. The molecule has 16 heteroatoms. The van der Waals surface area contributed by atoms with E-state index in [9.17, 15) is 59.4 Å². The molecule has 3 unspecified atom stereocenters. The summed E-state index contributed by atoms with van der Waals surface area (Å²) in [5, 5.41) is 82.0. The van der Waals surface area contributed by atoms with Gasteiger partial charge in [0.15, 0.2) is 0 Å². The summed E-state index contributed by atoms with van der Waals surface area (Å²) < 4.78 is 0. The van der Waals surface area contributed by atoms with E-state index in [1.165, 1.54) is 0 Å². The minimum atomic E-state index is -1.96. The molecular weight excluding hydrogens is 480 g/mol. The van der Waals surface area contributed by atoms with E-state index < -0.39 is 73.4 Å². The number of hydrogen-bond donors (Lipinski definition) is 3. The topological polar surface area (TPSA) is 301 Å². The van der Waals surface area contributed by atoms with E-state index in [0.29, 0.717) is 0 Å². The summed E-state index contributed by atoms with van der Waals surface area (Å²) in [5.74, 6) is -10.3. The SMILES string of the molecule is O=C([O-])CC(O)C(=O)[O-].O=C([O-])CC(O)C(=O)[O-].O=C([O-])CC(O)C(=O)[O-].[Mo+6]. The molecule has 0 aromatic rings. The summed E-state index contributed by atoms with van der Waals surface area (Å²) in [4.78, 5) is 57.4. The van der Waals surface area contributed by atoms with Crippen LogP contribution in [0.2, 0.25) is 0 Å². The van der Waals surface area contributed by atoms with Crippen LogP contribution in [0.5, 0.6) is 0 Å². The average Bonchev–Trinajstić information content (AvgIpc) is 2.46. The van der Waals surface area contributed by atoms with E-state index in [4.69, 9.17) is 15.3 Å². The molecule has 15 nitrogen and oxygen atoms in total. The first-order chi connectivity index (χ1) is 12.1. The fraction of sp³-hybridized carbons (Fsp3) is 0.500. The first-order valence-corrected chi connectivity index (χ1v) is 6.38. The molecule has 0 saturated carbocycles. The van der Waals surface area contributed by atoms with Crippen LogP contribution in [-0.4, -0.2) is 69.4 Å². The molecule has 0 saturated heterocycles. The Morgan fingerprint density at radius 2 is 0.643 bits per heavy atom. The van der Waals surface area contributed by atoms with Gasteiger partial charge in [0.1, 0.15) is 0 Å². The Bertz CT molecular complexity index is 469. The van der Waals surface area contributed by atoms with Crippen LogP contribution in [0, 0.1) is 0 Å². The maximum Gasteiger partial charge on any atom is 6.00 e. The molecule has 0 heterocycles. The van der Waals surface area contributed by atoms with Crippen molar-refractivity contribution in [2.24, 2.45) is 0 Å². The van der Waals surface area contributed by atoms with Crippen molar-refractivity contribution < 1.29 is 95.8 Å². The third kappa shape index (κ3) is 25.6. The molecule has 0 aliphatic rings. The number of carbonyl (C=O) groups excluding carboxylic acids is 6. The molecule has 0 aliphatic carbocycles. The third-order valence-corrected chi connectivity index (χ3v) is 1.90. The summed E-state index contributed by atoms with van der Waals surface area (Å²) in [7, 11) is 0. The van der Waals surface area contributed by atoms with Gasteiger partial charge in [-0.3, -0.25) is 0 Å². The zero-order valence-electron chi connectivity index (χ0n) is 13.5. The molecule has 0 aromatic carbocycles. The third-order valence-electron chi connectivity index (χ3n) is 1.90. The van der Waals surface area contributed by atoms with Gasteiger partial charge < -0.3 is 74.7 Å². The second-order valence-corrected chi connectivity index (χ2v) is 4.23. The fourth-order valence-corrected chi connectivity index (χ4v) is 0.724. The number of carboxylic acid groups (broad SMARTS) is 6. The van der Waals surface area contributed by atoms with E-state index in [0.717, 1.165) is 0 Å². The summed E-state index contributed by atoms with van der Waals surface area (Å²) in [5.41, 5.74) is 0. The number of rotatable bonds is 9. The van der Waals surface area contributed by atoms with Gasteiger partial charge in [-0.1, -0.05) is 0 Å². The Balaban J connectivity index is -0.000000152. The number of hydrogen-bond acceptors (Lipinski definition) is 15. The predicted molar refractivity (Wildman–Crippen MR) is 61.9 cm³/mol. The molecule has 3 atom stereocenters. The molecule has 0 spiro atoms. The van der Waals surface area contributed by atoms with Gasteiger partial charge in [-0.2, -0.15) is 0 Å². The van der Waals surface area contributed by atoms with Crippen molar-refractivity contribution in [1.82, 2.24) is 0 Å². The molecule has 0 bridgehead atoms.